The van der Waals surface area contributed by atoms with E-state index in [-0.39, 0.29) is 5.56 Å². The van der Waals surface area contributed by atoms with Gasteiger partial charge in [-0.15, -0.1) is 0 Å². The molecule has 1 saturated carbocycles. The molecule has 4 heteroatoms. The molecule has 0 spiro atoms. The molecule has 1 aromatic heterocycles. The maximum absolute atomic E-state index is 12.5. The third-order valence-electron chi connectivity index (χ3n) is 4.58. The summed E-state index contributed by atoms with van der Waals surface area (Å²) in [5, 5.41) is 3.29. The monoisotopic (exact) mass is 285 g/mol. The molecule has 0 saturated heterocycles. The lowest BCUT2D eigenvalue weighted by Gasteiger charge is -2.12. The number of H-pyrrole nitrogens is 1. The van der Waals surface area contributed by atoms with E-state index in [2.05, 4.69) is 24.2 Å². The summed E-state index contributed by atoms with van der Waals surface area (Å²) in [5.41, 5.74) is 11.6. The van der Waals surface area contributed by atoms with E-state index in [0.717, 1.165) is 35.3 Å². The molecule has 0 amide bonds. The smallest absolute Gasteiger partial charge is 0.294 e. The molecule has 1 aromatic carbocycles. The van der Waals surface area contributed by atoms with Gasteiger partial charge in [-0.25, -0.2) is 4.68 Å². The highest BCUT2D eigenvalue weighted by Gasteiger charge is 2.24. The standard InChI is InChI=1S/C17H23N3O/c1-10-8-11(2)16(12(3)9-10)20-17(21)14(18)15(19-20)13-6-4-5-7-13/h8-9,13,19H,4-7,18H2,1-3H3. The first-order valence-electron chi connectivity index (χ1n) is 7.67. The summed E-state index contributed by atoms with van der Waals surface area (Å²) in [6.07, 6.45) is 4.69. The van der Waals surface area contributed by atoms with Crippen molar-refractivity contribution in [3.63, 3.8) is 0 Å². The van der Waals surface area contributed by atoms with Crippen molar-refractivity contribution in [1.29, 1.82) is 0 Å². The minimum absolute atomic E-state index is 0.119. The van der Waals surface area contributed by atoms with Crippen molar-refractivity contribution in [2.75, 3.05) is 5.73 Å². The molecule has 1 aliphatic carbocycles. The molecule has 0 atom stereocenters. The number of aromatic amines is 1. The largest absolute Gasteiger partial charge is 0.393 e. The molecule has 112 valence electrons. The number of benzene rings is 1. The summed E-state index contributed by atoms with van der Waals surface area (Å²) < 4.78 is 1.63. The Morgan fingerprint density at radius 3 is 2.29 bits per heavy atom. The van der Waals surface area contributed by atoms with Crippen LogP contribution in [0.3, 0.4) is 0 Å². The summed E-state index contributed by atoms with van der Waals surface area (Å²) in [5.74, 6) is 0.407. The van der Waals surface area contributed by atoms with Gasteiger partial charge in [0.15, 0.2) is 0 Å². The SMILES string of the molecule is Cc1cc(C)c(-n2[nH]c(C3CCCC3)c(N)c2=O)c(C)c1. The second-order valence-electron chi connectivity index (χ2n) is 6.31. The van der Waals surface area contributed by atoms with Crippen molar-refractivity contribution >= 4 is 5.69 Å². The van der Waals surface area contributed by atoms with Gasteiger partial charge in [0.2, 0.25) is 0 Å². The average molecular weight is 285 g/mol. The third-order valence-corrected chi connectivity index (χ3v) is 4.58. The molecule has 0 radical (unpaired) electrons. The van der Waals surface area contributed by atoms with Crippen molar-refractivity contribution in [2.24, 2.45) is 0 Å². The van der Waals surface area contributed by atoms with Crippen molar-refractivity contribution in [3.05, 3.63) is 44.9 Å². The average Bonchev–Trinajstić information content (AvgIpc) is 3.01. The highest BCUT2D eigenvalue weighted by molar-refractivity contribution is 5.52. The zero-order chi connectivity index (χ0) is 15.1. The molecule has 4 nitrogen and oxygen atoms in total. The molecular weight excluding hydrogens is 262 g/mol. The molecule has 0 aliphatic heterocycles. The number of hydrogen-bond acceptors (Lipinski definition) is 2. The Morgan fingerprint density at radius 1 is 1.14 bits per heavy atom. The van der Waals surface area contributed by atoms with Gasteiger partial charge in [-0.2, -0.15) is 0 Å². The topological polar surface area (TPSA) is 63.8 Å². The minimum atomic E-state index is -0.119. The van der Waals surface area contributed by atoms with Crippen molar-refractivity contribution in [1.82, 2.24) is 9.78 Å². The fourth-order valence-corrected chi connectivity index (χ4v) is 3.68. The van der Waals surface area contributed by atoms with Crippen LogP contribution in [0.1, 0.15) is 54.0 Å². The molecule has 1 fully saturated rings. The van der Waals surface area contributed by atoms with Crippen LogP contribution in [0.2, 0.25) is 0 Å². The summed E-state index contributed by atoms with van der Waals surface area (Å²) >= 11 is 0. The predicted molar refractivity (Wildman–Crippen MR) is 86.2 cm³/mol. The van der Waals surface area contributed by atoms with Crippen molar-refractivity contribution in [3.8, 4) is 5.69 Å². The van der Waals surface area contributed by atoms with Crippen LogP contribution in [0, 0.1) is 20.8 Å². The Kier molecular flexibility index (Phi) is 3.40. The van der Waals surface area contributed by atoms with Gasteiger partial charge in [-0.1, -0.05) is 30.5 Å². The quantitative estimate of drug-likeness (QED) is 0.889. The number of hydrogen-bond donors (Lipinski definition) is 2. The number of nitrogens with zero attached hydrogens (tertiary/aromatic N) is 1. The van der Waals surface area contributed by atoms with Crippen LogP contribution < -0.4 is 11.3 Å². The lowest BCUT2D eigenvalue weighted by Crippen LogP contribution is -2.18. The molecule has 1 aliphatic rings. The zero-order valence-corrected chi connectivity index (χ0v) is 13.0. The van der Waals surface area contributed by atoms with Gasteiger partial charge in [-0.3, -0.25) is 9.89 Å². The first-order chi connectivity index (χ1) is 9.99. The number of rotatable bonds is 2. The Bertz CT molecular complexity index is 710. The van der Waals surface area contributed by atoms with Crippen molar-refractivity contribution in [2.45, 2.75) is 52.4 Å². The third kappa shape index (κ3) is 2.28. The van der Waals surface area contributed by atoms with Gasteiger partial charge < -0.3 is 5.73 Å². The minimum Gasteiger partial charge on any atom is -0.393 e. The molecular formula is C17H23N3O. The fourth-order valence-electron chi connectivity index (χ4n) is 3.68. The van der Waals surface area contributed by atoms with Gasteiger partial charge in [-0.05, 0) is 44.7 Å². The molecule has 2 aromatic rings. The molecule has 21 heavy (non-hydrogen) atoms. The molecule has 3 N–H and O–H groups in total. The van der Waals surface area contributed by atoms with Crippen LogP contribution in [0.5, 0.6) is 0 Å². The first-order valence-corrected chi connectivity index (χ1v) is 7.67. The number of aromatic nitrogens is 2. The van der Waals surface area contributed by atoms with E-state index in [1.807, 2.05) is 13.8 Å². The summed E-state index contributed by atoms with van der Waals surface area (Å²) in [6.45, 7) is 6.14. The predicted octanol–water partition coefficient (Wildman–Crippen LogP) is 3.33. The van der Waals surface area contributed by atoms with E-state index < -0.39 is 0 Å². The maximum Gasteiger partial charge on any atom is 0.294 e. The lowest BCUT2D eigenvalue weighted by atomic mass is 10.0. The van der Waals surface area contributed by atoms with E-state index in [1.165, 1.54) is 18.4 Å². The highest BCUT2D eigenvalue weighted by atomic mass is 16.1. The summed E-state index contributed by atoms with van der Waals surface area (Å²) in [6, 6.07) is 4.20. The van der Waals surface area contributed by atoms with Gasteiger partial charge in [0.05, 0.1) is 11.4 Å². The molecule has 1 heterocycles. The molecule has 0 bridgehead atoms. The number of aryl methyl sites for hydroxylation is 3. The van der Waals surface area contributed by atoms with E-state index >= 15 is 0 Å². The number of nitrogens with one attached hydrogen (secondary N) is 1. The van der Waals surface area contributed by atoms with Crippen LogP contribution in [-0.4, -0.2) is 9.78 Å². The Labute approximate surface area is 125 Å². The van der Waals surface area contributed by atoms with E-state index in [4.69, 9.17) is 5.73 Å². The van der Waals surface area contributed by atoms with E-state index in [9.17, 15) is 4.79 Å². The normalized spacial score (nSPS) is 15.8. The first kappa shape index (κ1) is 14.0. The van der Waals surface area contributed by atoms with E-state index in [0.29, 0.717) is 11.6 Å². The van der Waals surface area contributed by atoms with Crippen LogP contribution >= 0.6 is 0 Å². The van der Waals surface area contributed by atoms with Crippen LogP contribution in [-0.2, 0) is 0 Å². The van der Waals surface area contributed by atoms with Gasteiger partial charge in [0.1, 0.15) is 5.69 Å². The maximum atomic E-state index is 12.5. The van der Waals surface area contributed by atoms with Gasteiger partial charge in [0.25, 0.3) is 5.56 Å². The highest BCUT2D eigenvalue weighted by Crippen LogP contribution is 2.35. The number of nitrogen functional groups attached to an aromatic ring is 1. The lowest BCUT2D eigenvalue weighted by molar-refractivity contribution is 0.677. The Morgan fingerprint density at radius 2 is 1.71 bits per heavy atom. The second kappa shape index (κ2) is 5.10. The van der Waals surface area contributed by atoms with Crippen LogP contribution in [0.25, 0.3) is 5.69 Å². The summed E-state index contributed by atoms with van der Waals surface area (Å²) in [7, 11) is 0. The number of nitrogens with two attached hydrogens (primary N) is 1. The van der Waals surface area contributed by atoms with Gasteiger partial charge in [0, 0.05) is 5.92 Å². The van der Waals surface area contributed by atoms with Crippen LogP contribution in [0.4, 0.5) is 5.69 Å². The fraction of sp³-hybridized carbons (Fsp3) is 0.471. The number of anilines is 1. The van der Waals surface area contributed by atoms with Crippen LogP contribution in [0.15, 0.2) is 16.9 Å². The van der Waals surface area contributed by atoms with Crippen molar-refractivity contribution < 1.29 is 0 Å². The van der Waals surface area contributed by atoms with E-state index in [1.54, 1.807) is 4.68 Å². The summed E-state index contributed by atoms with van der Waals surface area (Å²) in [4.78, 5) is 12.5. The molecule has 3 rings (SSSR count). The van der Waals surface area contributed by atoms with Gasteiger partial charge >= 0.3 is 0 Å². The second-order valence-corrected chi connectivity index (χ2v) is 6.31. The Balaban J connectivity index is 2.16. The zero-order valence-electron chi connectivity index (χ0n) is 13.0. The Hall–Kier alpha value is -1.97. The molecule has 0 unspecified atom stereocenters.